The number of nitrogens with zero attached hydrogens (tertiary/aromatic N) is 2. The summed E-state index contributed by atoms with van der Waals surface area (Å²) >= 11 is 0. The van der Waals surface area contributed by atoms with Crippen LogP contribution in [0, 0.1) is 5.41 Å². The molecule has 5 heteroatoms. The summed E-state index contributed by atoms with van der Waals surface area (Å²) in [5.41, 5.74) is -0.878. The molecule has 0 atom stereocenters. The third-order valence-corrected chi connectivity index (χ3v) is 2.75. The van der Waals surface area contributed by atoms with E-state index in [-0.39, 0.29) is 11.8 Å². The molecule has 2 aliphatic rings. The van der Waals surface area contributed by atoms with Crippen LogP contribution in [0.2, 0.25) is 0 Å². The van der Waals surface area contributed by atoms with E-state index in [0.717, 1.165) is 9.80 Å². The fraction of sp³-hybridized carbons (Fsp3) is 0.625. The molecule has 13 heavy (non-hydrogen) atoms. The van der Waals surface area contributed by atoms with Gasteiger partial charge in [0.2, 0.25) is 11.8 Å². The lowest BCUT2D eigenvalue weighted by Gasteiger charge is -2.32. The largest absolute Gasteiger partial charge is 0.332 e. The number of rotatable bonds is 0. The number of barbiturate groups is 1. The van der Waals surface area contributed by atoms with E-state index in [1.165, 1.54) is 14.1 Å². The Morgan fingerprint density at radius 1 is 1.00 bits per heavy atom. The van der Waals surface area contributed by atoms with Crippen molar-refractivity contribution in [1.82, 2.24) is 9.80 Å². The summed E-state index contributed by atoms with van der Waals surface area (Å²) in [6.45, 7) is 0. The minimum Gasteiger partial charge on any atom is -0.273 e. The van der Waals surface area contributed by atoms with Crippen LogP contribution in [0.4, 0.5) is 4.79 Å². The Kier molecular flexibility index (Phi) is 1.33. The number of carbonyl (C=O) groups excluding carboxylic acids is 3. The fourth-order valence-corrected chi connectivity index (χ4v) is 1.68. The Bertz CT molecular complexity index is 293. The maximum absolute atomic E-state index is 11.5. The minimum atomic E-state index is -0.878. The third kappa shape index (κ3) is 0.787. The van der Waals surface area contributed by atoms with Gasteiger partial charge in [-0.1, -0.05) is 0 Å². The molecule has 4 amide bonds. The van der Waals surface area contributed by atoms with Crippen molar-refractivity contribution in [3.05, 3.63) is 0 Å². The Labute approximate surface area is 75.3 Å². The molecule has 70 valence electrons. The second-order valence-corrected chi connectivity index (χ2v) is 3.59. The second kappa shape index (κ2) is 2.10. The van der Waals surface area contributed by atoms with E-state index in [0.29, 0.717) is 12.8 Å². The van der Waals surface area contributed by atoms with E-state index in [2.05, 4.69) is 0 Å². The monoisotopic (exact) mass is 182 g/mol. The van der Waals surface area contributed by atoms with Gasteiger partial charge in [0.1, 0.15) is 5.41 Å². The van der Waals surface area contributed by atoms with Crippen LogP contribution < -0.4 is 0 Å². The molecule has 0 aromatic carbocycles. The molecule has 1 saturated heterocycles. The zero-order valence-corrected chi connectivity index (χ0v) is 7.53. The van der Waals surface area contributed by atoms with Crippen molar-refractivity contribution in [3.8, 4) is 0 Å². The highest BCUT2D eigenvalue weighted by molar-refractivity contribution is 6.20. The van der Waals surface area contributed by atoms with Gasteiger partial charge in [-0.2, -0.15) is 0 Å². The zero-order chi connectivity index (χ0) is 9.80. The molecule has 2 rings (SSSR count). The van der Waals surface area contributed by atoms with Crippen LogP contribution in [-0.2, 0) is 9.59 Å². The van der Waals surface area contributed by atoms with E-state index in [4.69, 9.17) is 0 Å². The van der Waals surface area contributed by atoms with Crippen LogP contribution in [0.25, 0.3) is 0 Å². The van der Waals surface area contributed by atoms with Crippen molar-refractivity contribution in [3.63, 3.8) is 0 Å². The van der Waals surface area contributed by atoms with E-state index in [1.54, 1.807) is 0 Å². The van der Waals surface area contributed by atoms with Gasteiger partial charge in [0.25, 0.3) is 0 Å². The Balaban J connectivity index is 2.40. The molecule has 0 aromatic heterocycles. The first kappa shape index (κ1) is 8.22. The van der Waals surface area contributed by atoms with E-state index >= 15 is 0 Å². The Hall–Kier alpha value is -1.39. The summed E-state index contributed by atoms with van der Waals surface area (Å²) in [5.74, 6) is -0.693. The van der Waals surface area contributed by atoms with Gasteiger partial charge < -0.3 is 0 Å². The topological polar surface area (TPSA) is 57.7 Å². The van der Waals surface area contributed by atoms with Gasteiger partial charge in [-0.15, -0.1) is 0 Å². The number of hydrogen-bond donors (Lipinski definition) is 0. The van der Waals surface area contributed by atoms with Gasteiger partial charge in [-0.3, -0.25) is 19.4 Å². The molecular formula is C8H10N2O3. The molecule has 1 saturated carbocycles. The minimum absolute atomic E-state index is 0.347. The number of urea groups is 1. The molecule has 0 unspecified atom stereocenters. The van der Waals surface area contributed by atoms with E-state index in [9.17, 15) is 14.4 Å². The molecule has 0 radical (unpaired) electrons. The SMILES string of the molecule is CN1C(=O)N(C)C(=O)C2(CC2)C1=O. The van der Waals surface area contributed by atoms with Gasteiger partial charge in [0.15, 0.2) is 0 Å². The van der Waals surface area contributed by atoms with Crippen molar-refractivity contribution in [1.29, 1.82) is 0 Å². The molecule has 0 aromatic rings. The molecule has 5 nitrogen and oxygen atoms in total. The summed E-state index contributed by atoms with van der Waals surface area (Å²) in [4.78, 5) is 36.4. The lowest BCUT2D eigenvalue weighted by molar-refractivity contribution is -0.149. The molecule has 1 heterocycles. The number of carbonyl (C=O) groups is 3. The quantitative estimate of drug-likeness (QED) is 0.488. The molecule has 0 bridgehead atoms. The molecule has 2 fully saturated rings. The van der Waals surface area contributed by atoms with Crippen LogP contribution in [0.3, 0.4) is 0 Å². The summed E-state index contributed by atoms with van der Waals surface area (Å²) in [6, 6.07) is -0.535. The van der Waals surface area contributed by atoms with Gasteiger partial charge in [0.05, 0.1) is 0 Å². The second-order valence-electron chi connectivity index (χ2n) is 3.59. The molecule has 0 N–H and O–H groups in total. The first-order chi connectivity index (χ1) is 6.00. The van der Waals surface area contributed by atoms with E-state index in [1.807, 2.05) is 0 Å². The number of hydrogen-bond acceptors (Lipinski definition) is 3. The highest BCUT2D eigenvalue weighted by atomic mass is 16.2. The standard InChI is InChI=1S/C8H10N2O3/c1-9-5(11)8(3-4-8)6(12)10(2)7(9)13/h3-4H2,1-2H3. The van der Waals surface area contributed by atoms with Crippen molar-refractivity contribution in [2.24, 2.45) is 5.41 Å². The first-order valence-electron chi connectivity index (χ1n) is 4.11. The van der Waals surface area contributed by atoms with Gasteiger partial charge in [0, 0.05) is 14.1 Å². The van der Waals surface area contributed by atoms with Crippen molar-refractivity contribution < 1.29 is 14.4 Å². The zero-order valence-electron chi connectivity index (χ0n) is 7.53. The van der Waals surface area contributed by atoms with Gasteiger partial charge in [-0.05, 0) is 12.8 Å². The highest BCUT2D eigenvalue weighted by Crippen LogP contribution is 2.50. The predicted octanol–water partition coefficient (Wildman–Crippen LogP) is -0.183. The van der Waals surface area contributed by atoms with Crippen LogP contribution in [-0.4, -0.2) is 41.7 Å². The average Bonchev–Trinajstić information content (AvgIpc) is 2.91. The Morgan fingerprint density at radius 3 is 1.69 bits per heavy atom. The normalized spacial score (nSPS) is 25.8. The summed E-state index contributed by atoms with van der Waals surface area (Å²) in [5, 5.41) is 0. The smallest absolute Gasteiger partial charge is 0.273 e. The maximum Gasteiger partial charge on any atom is 0.332 e. The summed E-state index contributed by atoms with van der Waals surface area (Å²) in [7, 11) is 2.82. The summed E-state index contributed by atoms with van der Waals surface area (Å²) in [6.07, 6.45) is 1.15. The average molecular weight is 182 g/mol. The van der Waals surface area contributed by atoms with Crippen LogP contribution in [0.15, 0.2) is 0 Å². The number of amides is 4. The van der Waals surface area contributed by atoms with E-state index < -0.39 is 11.4 Å². The van der Waals surface area contributed by atoms with Crippen LogP contribution in [0.1, 0.15) is 12.8 Å². The third-order valence-electron chi connectivity index (χ3n) is 2.75. The Morgan fingerprint density at radius 2 is 1.38 bits per heavy atom. The molecule has 1 spiro atoms. The van der Waals surface area contributed by atoms with Crippen molar-refractivity contribution in [2.75, 3.05) is 14.1 Å². The lowest BCUT2D eigenvalue weighted by atomic mass is 10.0. The number of imide groups is 2. The van der Waals surface area contributed by atoms with Crippen LogP contribution >= 0.6 is 0 Å². The van der Waals surface area contributed by atoms with Crippen molar-refractivity contribution in [2.45, 2.75) is 12.8 Å². The fourth-order valence-electron chi connectivity index (χ4n) is 1.68. The first-order valence-corrected chi connectivity index (χ1v) is 4.11. The lowest BCUT2D eigenvalue weighted by Crippen LogP contribution is -2.58. The van der Waals surface area contributed by atoms with Gasteiger partial charge >= 0.3 is 6.03 Å². The van der Waals surface area contributed by atoms with Crippen molar-refractivity contribution >= 4 is 17.8 Å². The molecule has 1 aliphatic heterocycles. The molecule has 1 aliphatic carbocycles. The maximum atomic E-state index is 11.5. The van der Waals surface area contributed by atoms with Crippen LogP contribution in [0.5, 0.6) is 0 Å². The highest BCUT2D eigenvalue weighted by Gasteiger charge is 2.63. The predicted molar refractivity (Wildman–Crippen MR) is 42.6 cm³/mol. The molecular weight excluding hydrogens is 172 g/mol. The summed E-state index contributed by atoms with van der Waals surface area (Å²) < 4.78 is 0. The van der Waals surface area contributed by atoms with Gasteiger partial charge in [-0.25, -0.2) is 4.79 Å².